The second-order valence-corrected chi connectivity index (χ2v) is 7.05. The number of nitrogens with zero attached hydrogens (tertiary/aromatic N) is 2. The first-order chi connectivity index (χ1) is 15.3. The summed E-state index contributed by atoms with van der Waals surface area (Å²) in [4.78, 5) is 12.9. The van der Waals surface area contributed by atoms with Crippen molar-refractivity contribution >= 4 is 11.6 Å². The number of hydrogen-bond donors (Lipinski definition) is 2. The summed E-state index contributed by atoms with van der Waals surface area (Å²) in [6.07, 6.45) is -5.62. The third kappa shape index (κ3) is 4.55. The van der Waals surface area contributed by atoms with Gasteiger partial charge in [-0.05, 0) is 35.4 Å². The summed E-state index contributed by atoms with van der Waals surface area (Å²) >= 11 is 0. The lowest BCUT2D eigenvalue weighted by molar-refractivity contribution is -0.141. The highest BCUT2D eigenvalue weighted by Crippen LogP contribution is 2.30. The van der Waals surface area contributed by atoms with Gasteiger partial charge in [-0.15, -0.1) is 0 Å². The molecule has 0 spiro atoms. The molecule has 1 heterocycles. The van der Waals surface area contributed by atoms with Gasteiger partial charge in [-0.2, -0.15) is 18.3 Å². The molecule has 4 aromatic rings. The quantitative estimate of drug-likeness (QED) is 0.450. The van der Waals surface area contributed by atoms with Crippen molar-refractivity contribution in [3.63, 3.8) is 0 Å². The minimum absolute atomic E-state index is 0.266. The van der Waals surface area contributed by atoms with Gasteiger partial charge in [-0.3, -0.25) is 4.79 Å². The molecule has 0 fully saturated rings. The van der Waals surface area contributed by atoms with E-state index in [0.717, 1.165) is 4.68 Å². The molecule has 0 radical (unpaired) electrons. The Hall–Kier alpha value is -3.91. The zero-order chi connectivity index (χ0) is 22.7. The third-order valence-corrected chi connectivity index (χ3v) is 4.81. The number of benzene rings is 3. The summed E-state index contributed by atoms with van der Waals surface area (Å²) < 4.78 is 40.7. The van der Waals surface area contributed by atoms with Crippen LogP contribution in [-0.4, -0.2) is 20.8 Å². The van der Waals surface area contributed by atoms with Gasteiger partial charge in [0.1, 0.15) is 11.8 Å². The van der Waals surface area contributed by atoms with Crippen LogP contribution in [0.5, 0.6) is 0 Å². The van der Waals surface area contributed by atoms with Crippen molar-refractivity contribution in [1.82, 2.24) is 9.78 Å². The van der Waals surface area contributed by atoms with E-state index in [0.29, 0.717) is 28.6 Å². The molecule has 0 bridgehead atoms. The van der Waals surface area contributed by atoms with Gasteiger partial charge in [0, 0.05) is 11.8 Å². The molecule has 3 aromatic carbocycles. The zero-order valence-electron chi connectivity index (χ0n) is 16.6. The zero-order valence-corrected chi connectivity index (χ0v) is 16.6. The number of carbonyl (C=O) groups is 1. The van der Waals surface area contributed by atoms with E-state index in [9.17, 15) is 23.1 Å². The van der Waals surface area contributed by atoms with Crippen molar-refractivity contribution < 1.29 is 23.1 Å². The van der Waals surface area contributed by atoms with Crippen LogP contribution < -0.4 is 5.32 Å². The van der Waals surface area contributed by atoms with Gasteiger partial charge in [-0.1, -0.05) is 60.7 Å². The Morgan fingerprint density at radius 2 is 1.50 bits per heavy atom. The Kier molecular flexibility index (Phi) is 5.79. The second kappa shape index (κ2) is 8.68. The largest absolute Gasteiger partial charge is 0.435 e. The molecule has 2 N–H and O–H groups in total. The topological polar surface area (TPSA) is 67.2 Å². The van der Waals surface area contributed by atoms with Crippen LogP contribution in [0.15, 0.2) is 91.0 Å². The molecule has 1 unspecified atom stereocenters. The fraction of sp³-hybridized carbons (Fsp3) is 0.0833. The van der Waals surface area contributed by atoms with E-state index >= 15 is 0 Å². The summed E-state index contributed by atoms with van der Waals surface area (Å²) in [5, 5.41) is 16.8. The first-order valence-electron chi connectivity index (χ1n) is 9.70. The molecule has 1 amide bonds. The number of alkyl halides is 3. The Bertz CT molecular complexity index is 1220. The molecule has 8 heteroatoms. The molecule has 0 aliphatic rings. The van der Waals surface area contributed by atoms with E-state index in [4.69, 9.17) is 0 Å². The van der Waals surface area contributed by atoms with Crippen LogP contribution in [0.25, 0.3) is 5.69 Å². The maximum absolute atomic E-state index is 13.3. The van der Waals surface area contributed by atoms with Crippen LogP contribution in [0, 0.1) is 0 Å². The minimum Gasteiger partial charge on any atom is -0.384 e. The molecule has 4 rings (SSSR count). The number of rotatable bonds is 5. The van der Waals surface area contributed by atoms with Crippen LogP contribution >= 0.6 is 0 Å². The number of carbonyl (C=O) groups excluding carboxylic acids is 1. The van der Waals surface area contributed by atoms with E-state index in [1.165, 1.54) is 0 Å². The molecule has 1 atom stereocenters. The number of anilines is 1. The number of aliphatic hydroxyl groups excluding tert-OH is 1. The molecular formula is C24H18F3N3O2. The predicted molar refractivity (Wildman–Crippen MR) is 113 cm³/mol. The van der Waals surface area contributed by atoms with Crippen LogP contribution in [0.4, 0.5) is 18.9 Å². The van der Waals surface area contributed by atoms with Gasteiger partial charge < -0.3 is 10.4 Å². The molecule has 1 aromatic heterocycles. The monoisotopic (exact) mass is 437 g/mol. The normalized spacial score (nSPS) is 12.4. The van der Waals surface area contributed by atoms with Gasteiger partial charge in [0.05, 0.1) is 5.69 Å². The van der Waals surface area contributed by atoms with E-state index in [1.807, 2.05) is 6.07 Å². The SMILES string of the molecule is O=C(Nc1cccc(C(O)c2ccccc2)c1)c1cc(C(F)(F)F)nn1-c1ccccc1. The van der Waals surface area contributed by atoms with Crippen molar-refractivity contribution in [2.24, 2.45) is 0 Å². The van der Waals surface area contributed by atoms with Gasteiger partial charge in [0.15, 0.2) is 5.69 Å². The molecule has 0 aliphatic carbocycles. The molecule has 0 saturated carbocycles. The number of para-hydroxylation sites is 1. The summed E-state index contributed by atoms with van der Waals surface area (Å²) in [6, 6.07) is 24.3. The number of nitrogens with one attached hydrogen (secondary N) is 1. The van der Waals surface area contributed by atoms with Gasteiger partial charge in [0.25, 0.3) is 5.91 Å². The van der Waals surface area contributed by atoms with Crippen LogP contribution in [-0.2, 0) is 6.18 Å². The molecule has 0 saturated heterocycles. The Balaban J connectivity index is 1.64. The third-order valence-electron chi connectivity index (χ3n) is 4.81. The Labute approximate surface area is 181 Å². The maximum Gasteiger partial charge on any atom is 0.435 e. The van der Waals surface area contributed by atoms with E-state index < -0.39 is 23.9 Å². The lowest BCUT2D eigenvalue weighted by Gasteiger charge is -2.13. The molecule has 162 valence electrons. The number of amides is 1. The first-order valence-corrected chi connectivity index (χ1v) is 9.70. The summed E-state index contributed by atoms with van der Waals surface area (Å²) in [5.74, 6) is -0.761. The van der Waals surface area contributed by atoms with E-state index in [2.05, 4.69) is 10.4 Å². The highest BCUT2D eigenvalue weighted by Gasteiger charge is 2.36. The average Bonchev–Trinajstić information content (AvgIpc) is 3.26. The summed E-state index contributed by atoms with van der Waals surface area (Å²) in [6.45, 7) is 0. The van der Waals surface area contributed by atoms with Gasteiger partial charge in [0.2, 0.25) is 0 Å². The van der Waals surface area contributed by atoms with Crippen LogP contribution in [0.2, 0.25) is 0 Å². The summed E-state index contributed by atoms with van der Waals surface area (Å²) in [5.41, 5.74) is 0.421. The second-order valence-electron chi connectivity index (χ2n) is 7.05. The molecule has 5 nitrogen and oxygen atoms in total. The Morgan fingerprint density at radius 3 is 2.16 bits per heavy atom. The molecule has 0 aliphatic heterocycles. The highest BCUT2D eigenvalue weighted by molar-refractivity contribution is 6.03. The van der Waals surface area contributed by atoms with Crippen molar-refractivity contribution in [1.29, 1.82) is 0 Å². The molecular weight excluding hydrogens is 419 g/mol. The number of hydrogen-bond acceptors (Lipinski definition) is 3. The number of aromatic nitrogens is 2. The van der Waals surface area contributed by atoms with Crippen molar-refractivity contribution in [3.05, 3.63) is 114 Å². The number of aliphatic hydroxyl groups is 1. The van der Waals surface area contributed by atoms with E-state index in [-0.39, 0.29) is 5.69 Å². The average molecular weight is 437 g/mol. The first kappa shape index (κ1) is 21.3. The van der Waals surface area contributed by atoms with Crippen molar-refractivity contribution in [3.8, 4) is 5.69 Å². The smallest absolute Gasteiger partial charge is 0.384 e. The fourth-order valence-corrected chi connectivity index (χ4v) is 3.26. The standard InChI is InChI=1S/C24H18F3N3O2/c25-24(26,27)21-15-20(30(29-21)19-12-5-2-6-13-19)23(32)28-18-11-7-10-17(14-18)22(31)16-8-3-1-4-9-16/h1-15,22,31H,(H,28,32). The lowest BCUT2D eigenvalue weighted by atomic mass is 10.0. The fourth-order valence-electron chi connectivity index (χ4n) is 3.26. The minimum atomic E-state index is -4.70. The highest BCUT2D eigenvalue weighted by atomic mass is 19.4. The lowest BCUT2D eigenvalue weighted by Crippen LogP contribution is -2.17. The van der Waals surface area contributed by atoms with Crippen LogP contribution in [0.3, 0.4) is 0 Å². The predicted octanol–water partition coefficient (Wildman–Crippen LogP) is 5.23. The van der Waals surface area contributed by atoms with Crippen molar-refractivity contribution in [2.45, 2.75) is 12.3 Å². The maximum atomic E-state index is 13.3. The molecule has 32 heavy (non-hydrogen) atoms. The van der Waals surface area contributed by atoms with Gasteiger partial charge in [-0.25, -0.2) is 4.68 Å². The van der Waals surface area contributed by atoms with Gasteiger partial charge >= 0.3 is 6.18 Å². The van der Waals surface area contributed by atoms with Crippen molar-refractivity contribution in [2.75, 3.05) is 5.32 Å². The number of halogens is 3. The van der Waals surface area contributed by atoms with E-state index in [1.54, 1.807) is 78.9 Å². The van der Waals surface area contributed by atoms with Crippen LogP contribution in [0.1, 0.15) is 33.4 Å². The Morgan fingerprint density at radius 1 is 0.875 bits per heavy atom. The summed E-state index contributed by atoms with van der Waals surface area (Å²) in [7, 11) is 0.